The molecule has 0 spiro atoms. The molecule has 0 saturated heterocycles. The number of hydrogen-bond donors (Lipinski definition) is 1. The molecule has 156 valence electrons. The Kier molecular flexibility index (Phi) is 7.72. The van der Waals surface area contributed by atoms with Gasteiger partial charge in [0.15, 0.2) is 0 Å². The number of anilines is 1. The molecule has 0 heterocycles. The van der Waals surface area contributed by atoms with Crippen molar-refractivity contribution in [2.24, 2.45) is 0 Å². The van der Waals surface area contributed by atoms with Gasteiger partial charge < -0.3 is 5.32 Å². The lowest BCUT2D eigenvalue weighted by Crippen LogP contribution is -2.49. The Hall–Kier alpha value is -2.94. The van der Waals surface area contributed by atoms with Crippen molar-refractivity contribution in [1.29, 1.82) is 0 Å². The Morgan fingerprint density at radius 1 is 1.17 bits per heavy atom. The minimum absolute atomic E-state index is 0.0907. The lowest BCUT2D eigenvalue weighted by atomic mass is 10.1. The van der Waals surface area contributed by atoms with Crippen molar-refractivity contribution in [3.8, 4) is 0 Å². The summed E-state index contributed by atoms with van der Waals surface area (Å²) >= 11 is 0. The van der Waals surface area contributed by atoms with Crippen molar-refractivity contribution in [3.05, 3.63) is 70.3 Å². The summed E-state index contributed by atoms with van der Waals surface area (Å²) in [4.78, 5) is 23.2. The summed E-state index contributed by atoms with van der Waals surface area (Å²) in [6, 6.07) is 14.1. The van der Waals surface area contributed by atoms with Crippen LogP contribution in [0.2, 0.25) is 0 Å². The minimum Gasteiger partial charge on any atom is -0.354 e. The van der Waals surface area contributed by atoms with Gasteiger partial charge >= 0.3 is 0 Å². The van der Waals surface area contributed by atoms with Gasteiger partial charge in [0.2, 0.25) is 15.9 Å². The van der Waals surface area contributed by atoms with E-state index >= 15 is 0 Å². The van der Waals surface area contributed by atoms with E-state index in [-0.39, 0.29) is 17.8 Å². The van der Waals surface area contributed by atoms with Crippen LogP contribution in [0.3, 0.4) is 0 Å². The molecule has 29 heavy (non-hydrogen) atoms. The summed E-state index contributed by atoms with van der Waals surface area (Å²) < 4.78 is 25.8. The van der Waals surface area contributed by atoms with Crippen LogP contribution in [0.15, 0.2) is 54.6 Å². The van der Waals surface area contributed by atoms with Crippen LogP contribution >= 0.6 is 0 Å². The van der Waals surface area contributed by atoms with Gasteiger partial charge in [0, 0.05) is 18.7 Å². The Morgan fingerprint density at radius 3 is 2.45 bits per heavy atom. The normalized spacial score (nSPS) is 12.2. The standard InChI is InChI=1S/C20H25N3O5S/c1-3-19(20(24)21-14-8-11-16-9-5-4-6-10-16)22(29(2,27)28)17-12-7-13-18(15-17)23(25)26/h4-7,9-10,12-13,15,19H,3,8,11,14H2,1-2H3,(H,21,24)/t19-/m1/s1. The van der Waals surface area contributed by atoms with E-state index in [2.05, 4.69) is 5.32 Å². The van der Waals surface area contributed by atoms with Gasteiger partial charge in [0.25, 0.3) is 5.69 Å². The number of aryl methyl sites for hydroxylation is 1. The van der Waals surface area contributed by atoms with E-state index in [0.717, 1.165) is 28.6 Å². The highest BCUT2D eigenvalue weighted by molar-refractivity contribution is 7.92. The van der Waals surface area contributed by atoms with Crippen LogP contribution in [0.25, 0.3) is 0 Å². The monoisotopic (exact) mass is 419 g/mol. The first-order valence-electron chi connectivity index (χ1n) is 9.29. The summed E-state index contributed by atoms with van der Waals surface area (Å²) in [6.45, 7) is 2.10. The topological polar surface area (TPSA) is 110 Å². The predicted octanol–water partition coefficient (Wildman–Crippen LogP) is 2.89. The number of nitro benzene ring substituents is 1. The average Bonchev–Trinajstić information content (AvgIpc) is 2.69. The van der Waals surface area contributed by atoms with Crippen LogP contribution in [0.5, 0.6) is 0 Å². The molecule has 0 unspecified atom stereocenters. The first kappa shape index (κ1) is 22.4. The molecule has 8 nitrogen and oxygen atoms in total. The van der Waals surface area contributed by atoms with Crippen molar-refractivity contribution < 1.29 is 18.1 Å². The fourth-order valence-electron chi connectivity index (χ4n) is 3.07. The minimum atomic E-state index is -3.84. The van der Waals surface area contributed by atoms with E-state index in [0.29, 0.717) is 13.0 Å². The maximum Gasteiger partial charge on any atom is 0.271 e. The second-order valence-corrected chi connectivity index (χ2v) is 8.50. The van der Waals surface area contributed by atoms with E-state index in [1.54, 1.807) is 6.92 Å². The van der Waals surface area contributed by atoms with Crippen molar-refractivity contribution in [2.45, 2.75) is 32.2 Å². The molecule has 1 amide bonds. The number of benzene rings is 2. The highest BCUT2D eigenvalue weighted by Crippen LogP contribution is 2.26. The fraction of sp³-hybridized carbons (Fsp3) is 0.350. The van der Waals surface area contributed by atoms with Gasteiger partial charge in [0.05, 0.1) is 16.9 Å². The molecule has 2 aromatic carbocycles. The third-order valence-electron chi connectivity index (χ3n) is 4.41. The highest BCUT2D eigenvalue weighted by Gasteiger charge is 2.32. The fourth-order valence-corrected chi connectivity index (χ4v) is 4.27. The number of nitrogens with zero attached hydrogens (tertiary/aromatic N) is 2. The number of nitrogens with one attached hydrogen (secondary N) is 1. The number of amides is 1. The second kappa shape index (κ2) is 10.0. The van der Waals surface area contributed by atoms with E-state index in [1.807, 2.05) is 30.3 Å². The zero-order chi connectivity index (χ0) is 21.4. The summed E-state index contributed by atoms with van der Waals surface area (Å²) in [5.41, 5.74) is 1.01. The van der Waals surface area contributed by atoms with Gasteiger partial charge in [-0.2, -0.15) is 0 Å². The third-order valence-corrected chi connectivity index (χ3v) is 5.59. The summed E-state index contributed by atoms with van der Waals surface area (Å²) in [5.74, 6) is -0.433. The van der Waals surface area contributed by atoms with Crippen LogP contribution in [0.4, 0.5) is 11.4 Å². The highest BCUT2D eigenvalue weighted by atomic mass is 32.2. The zero-order valence-corrected chi connectivity index (χ0v) is 17.3. The maximum absolute atomic E-state index is 12.7. The number of hydrogen-bond acceptors (Lipinski definition) is 5. The van der Waals surface area contributed by atoms with Gasteiger partial charge in [0.1, 0.15) is 6.04 Å². The number of non-ortho nitro benzene ring substituents is 1. The van der Waals surface area contributed by atoms with Gasteiger partial charge in [-0.3, -0.25) is 19.2 Å². The van der Waals surface area contributed by atoms with E-state index < -0.39 is 26.9 Å². The molecule has 0 fully saturated rings. The van der Waals surface area contributed by atoms with Crippen LogP contribution in [0.1, 0.15) is 25.3 Å². The molecule has 0 aromatic heterocycles. The molecular formula is C20H25N3O5S. The Morgan fingerprint density at radius 2 is 1.86 bits per heavy atom. The molecule has 0 bridgehead atoms. The molecule has 0 aliphatic rings. The molecule has 1 atom stereocenters. The molecule has 9 heteroatoms. The quantitative estimate of drug-likeness (QED) is 0.362. The predicted molar refractivity (Wildman–Crippen MR) is 112 cm³/mol. The molecular weight excluding hydrogens is 394 g/mol. The first-order chi connectivity index (χ1) is 13.7. The molecule has 2 aromatic rings. The van der Waals surface area contributed by atoms with Crippen molar-refractivity contribution >= 4 is 27.3 Å². The molecule has 2 rings (SSSR count). The number of rotatable bonds is 10. The maximum atomic E-state index is 12.7. The SMILES string of the molecule is CC[C@H](C(=O)NCCCc1ccccc1)N(c1cccc([N+](=O)[O-])c1)S(C)(=O)=O. The second-order valence-electron chi connectivity index (χ2n) is 6.64. The van der Waals surface area contributed by atoms with Gasteiger partial charge in [-0.1, -0.05) is 43.3 Å². The average molecular weight is 420 g/mol. The lowest BCUT2D eigenvalue weighted by molar-refractivity contribution is -0.384. The largest absolute Gasteiger partial charge is 0.354 e. The zero-order valence-electron chi connectivity index (χ0n) is 16.4. The summed E-state index contributed by atoms with van der Waals surface area (Å²) in [6.07, 6.45) is 2.71. The summed E-state index contributed by atoms with van der Waals surface area (Å²) in [7, 11) is -3.84. The van der Waals surface area contributed by atoms with Gasteiger partial charge in [-0.05, 0) is 30.9 Å². The van der Waals surface area contributed by atoms with Crippen LogP contribution < -0.4 is 9.62 Å². The lowest BCUT2D eigenvalue weighted by Gasteiger charge is -2.30. The van der Waals surface area contributed by atoms with E-state index in [9.17, 15) is 23.3 Å². The molecule has 0 saturated carbocycles. The van der Waals surface area contributed by atoms with Gasteiger partial charge in [-0.25, -0.2) is 8.42 Å². The Balaban J connectivity index is 2.13. The molecule has 1 N–H and O–H groups in total. The number of nitro groups is 1. The van der Waals surface area contributed by atoms with Crippen LogP contribution in [-0.4, -0.2) is 38.1 Å². The third kappa shape index (κ3) is 6.28. The van der Waals surface area contributed by atoms with Gasteiger partial charge in [-0.15, -0.1) is 0 Å². The summed E-state index contributed by atoms with van der Waals surface area (Å²) in [5, 5.41) is 13.8. The molecule has 0 aliphatic heterocycles. The number of carbonyl (C=O) groups excluding carboxylic acids is 1. The first-order valence-corrected chi connectivity index (χ1v) is 11.1. The van der Waals surface area contributed by atoms with Crippen LogP contribution in [-0.2, 0) is 21.2 Å². The van der Waals surface area contributed by atoms with Crippen molar-refractivity contribution in [3.63, 3.8) is 0 Å². The Labute approximate surface area is 170 Å². The molecule has 0 radical (unpaired) electrons. The molecule has 0 aliphatic carbocycles. The van der Waals surface area contributed by atoms with E-state index in [1.165, 1.54) is 18.2 Å². The Bertz CT molecular complexity index is 948. The smallest absolute Gasteiger partial charge is 0.271 e. The number of sulfonamides is 1. The van der Waals surface area contributed by atoms with E-state index in [4.69, 9.17) is 0 Å². The number of carbonyl (C=O) groups is 1. The van der Waals surface area contributed by atoms with Crippen molar-refractivity contribution in [1.82, 2.24) is 5.32 Å². The van der Waals surface area contributed by atoms with Crippen molar-refractivity contribution in [2.75, 3.05) is 17.1 Å². The van der Waals surface area contributed by atoms with Crippen LogP contribution in [0, 0.1) is 10.1 Å².